The van der Waals surface area contributed by atoms with Crippen molar-refractivity contribution in [3.63, 3.8) is 0 Å². The van der Waals surface area contributed by atoms with Gasteiger partial charge in [0.15, 0.2) is 0 Å². The van der Waals surface area contributed by atoms with Gasteiger partial charge in [0.1, 0.15) is 0 Å². The lowest BCUT2D eigenvalue weighted by Crippen LogP contribution is -2.12. The van der Waals surface area contributed by atoms with Crippen LogP contribution in [-0.2, 0) is 6.42 Å². The van der Waals surface area contributed by atoms with Crippen LogP contribution in [0.1, 0.15) is 12.5 Å². The van der Waals surface area contributed by atoms with E-state index in [0.29, 0.717) is 5.92 Å². The van der Waals surface area contributed by atoms with Crippen LogP contribution in [-0.4, -0.2) is 10.9 Å². The first-order valence-corrected chi connectivity index (χ1v) is 5.06. The maximum atomic E-state index is 5.63. The van der Waals surface area contributed by atoms with Crippen LogP contribution in [0.4, 0.5) is 0 Å². The monoisotopic (exact) mass is 188 g/mol. The lowest BCUT2D eigenvalue weighted by atomic mass is 10.0. The molecule has 0 spiro atoms. The topological polar surface area (TPSA) is 30.4 Å². The molecule has 0 radical (unpaired) electrons. The third kappa shape index (κ3) is 1.66. The molecular formula is C12H16N2. The molecule has 1 unspecified atom stereocenters. The standard InChI is InChI=1S/C12H16N2/c1-10(9-13)8-11-5-7-14-6-3-2-4-12(11)14/h2-7,10H,8-9,13H2,1H3. The van der Waals surface area contributed by atoms with Gasteiger partial charge in [-0.25, -0.2) is 0 Å². The van der Waals surface area contributed by atoms with Crippen molar-refractivity contribution in [1.82, 2.24) is 4.40 Å². The number of hydrogen-bond acceptors (Lipinski definition) is 1. The predicted molar refractivity (Wildman–Crippen MR) is 59.3 cm³/mol. The summed E-state index contributed by atoms with van der Waals surface area (Å²) in [6, 6.07) is 8.45. The number of nitrogens with zero attached hydrogens (tertiary/aromatic N) is 1. The van der Waals surface area contributed by atoms with E-state index in [-0.39, 0.29) is 0 Å². The Morgan fingerprint density at radius 1 is 1.29 bits per heavy atom. The van der Waals surface area contributed by atoms with E-state index in [1.807, 2.05) is 6.07 Å². The highest BCUT2D eigenvalue weighted by molar-refractivity contribution is 5.55. The van der Waals surface area contributed by atoms with Gasteiger partial charge >= 0.3 is 0 Å². The molecule has 0 saturated carbocycles. The van der Waals surface area contributed by atoms with E-state index in [9.17, 15) is 0 Å². The first-order chi connectivity index (χ1) is 6.81. The van der Waals surface area contributed by atoms with E-state index in [0.717, 1.165) is 13.0 Å². The second kappa shape index (κ2) is 3.84. The van der Waals surface area contributed by atoms with Gasteiger partial charge in [-0.1, -0.05) is 13.0 Å². The zero-order valence-electron chi connectivity index (χ0n) is 8.48. The lowest BCUT2D eigenvalue weighted by Gasteiger charge is -2.06. The average molecular weight is 188 g/mol. The van der Waals surface area contributed by atoms with Crippen molar-refractivity contribution < 1.29 is 0 Å². The largest absolute Gasteiger partial charge is 0.330 e. The third-order valence-electron chi connectivity index (χ3n) is 2.63. The zero-order chi connectivity index (χ0) is 9.97. The van der Waals surface area contributed by atoms with Crippen molar-refractivity contribution in [2.45, 2.75) is 13.3 Å². The van der Waals surface area contributed by atoms with Crippen LogP contribution in [0.15, 0.2) is 36.7 Å². The summed E-state index contributed by atoms with van der Waals surface area (Å²) in [6.45, 7) is 2.94. The van der Waals surface area contributed by atoms with Crippen LogP contribution in [0.3, 0.4) is 0 Å². The fraction of sp³-hybridized carbons (Fsp3) is 0.333. The van der Waals surface area contributed by atoms with E-state index >= 15 is 0 Å². The summed E-state index contributed by atoms with van der Waals surface area (Å²) in [4.78, 5) is 0. The Balaban J connectivity index is 2.33. The van der Waals surface area contributed by atoms with Crippen LogP contribution in [0, 0.1) is 5.92 Å². The SMILES string of the molecule is CC(CN)Cc1ccn2ccccc12. The summed E-state index contributed by atoms with van der Waals surface area (Å²) in [5.74, 6) is 0.557. The van der Waals surface area contributed by atoms with Crippen molar-refractivity contribution in [3.05, 3.63) is 42.2 Å². The molecule has 1 atom stereocenters. The summed E-state index contributed by atoms with van der Waals surface area (Å²) in [6.07, 6.45) is 5.25. The fourth-order valence-corrected chi connectivity index (χ4v) is 1.75. The molecular weight excluding hydrogens is 172 g/mol. The van der Waals surface area contributed by atoms with Gasteiger partial charge in [0.25, 0.3) is 0 Å². The molecule has 0 saturated heterocycles. The van der Waals surface area contributed by atoms with Crippen molar-refractivity contribution in [2.75, 3.05) is 6.54 Å². The molecule has 0 aliphatic carbocycles. The van der Waals surface area contributed by atoms with E-state index in [1.54, 1.807) is 0 Å². The van der Waals surface area contributed by atoms with Gasteiger partial charge in [-0.3, -0.25) is 0 Å². The maximum absolute atomic E-state index is 5.63. The second-order valence-electron chi connectivity index (χ2n) is 3.88. The molecule has 74 valence electrons. The Morgan fingerprint density at radius 3 is 2.93 bits per heavy atom. The van der Waals surface area contributed by atoms with E-state index in [1.165, 1.54) is 11.1 Å². The van der Waals surface area contributed by atoms with Crippen LogP contribution < -0.4 is 5.73 Å². The van der Waals surface area contributed by atoms with Crippen molar-refractivity contribution >= 4 is 5.52 Å². The highest BCUT2D eigenvalue weighted by Crippen LogP contribution is 2.15. The minimum absolute atomic E-state index is 0.557. The minimum Gasteiger partial charge on any atom is -0.330 e. The van der Waals surface area contributed by atoms with Crippen molar-refractivity contribution in [2.24, 2.45) is 11.7 Å². The molecule has 2 rings (SSSR count). The van der Waals surface area contributed by atoms with Gasteiger partial charge in [0.05, 0.1) is 0 Å². The molecule has 2 heteroatoms. The first kappa shape index (κ1) is 9.28. The normalized spacial score (nSPS) is 13.3. The zero-order valence-corrected chi connectivity index (χ0v) is 8.48. The lowest BCUT2D eigenvalue weighted by molar-refractivity contribution is 0.595. The molecule has 14 heavy (non-hydrogen) atoms. The first-order valence-electron chi connectivity index (χ1n) is 5.06. The Bertz CT molecular complexity index is 417. The molecule has 2 aromatic rings. The van der Waals surface area contributed by atoms with Gasteiger partial charge in [-0.2, -0.15) is 0 Å². The number of hydrogen-bond donors (Lipinski definition) is 1. The Labute approximate surface area is 84.3 Å². The summed E-state index contributed by atoms with van der Waals surface area (Å²) in [7, 11) is 0. The van der Waals surface area contributed by atoms with E-state index < -0.39 is 0 Å². The third-order valence-corrected chi connectivity index (χ3v) is 2.63. The molecule has 0 bridgehead atoms. The Kier molecular flexibility index (Phi) is 2.55. The van der Waals surface area contributed by atoms with Gasteiger partial charge in [-0.15, -0.1) is 0 Å². The number of nitrogens with two attached hydrogens (primary N) is 1. The fourth-order valence-electron chi connectivity index (χ4n) is 1.75. The molecule has 2 heterocycles. The number of fused-ring (bicyclic) bond motifs is 1. The smallest absolute Gasteiger partial charge is 0.0481 e. The molecule has 0 fully saturated rings. The Hall–Kier alpha value is -1.28. The quantitative estimate of drug-likeness (QED) is 0.785. The van der Waals surface area contributed by atoms with E-state index in [4.69, 9.17) is 5.73 Å². The molecule has 2 nitrogen and oxygen atoms in total. The molecule has 2 aromatic heterocycles. The summed E-state index contributed by atoms with van der Waals surface area (Å²) < 4.78 is 2.15. The molecule has 2 N–H and O–H groups in total. The van der Waals surface area contributed by atoms with E-state index in [2.05, 4.69) is 41.9 Å². The van der Waals surface area contributed by atoms with Gasteiger partial charge < -0.3 is 10.1 Å². The molecule has 0 amide bonds. The summed E-state index contributed by atoms with van der Waals surface area (Å²) in [5, 5.41) is 0. The summed E-state index contributed by atoms with van der Waals surface area (Å²) in [5.41, 5.74) is 8.32. The minimum atomic E-state index is 0.557. The number of aromatic nitrogens is 1. The Morgan fingerprint density at radius 2 is 2.14 bits per heavy atom. The average Bonchev–Trinajstić information content (AvgIpc) is 2.62. The number of pyridine rings is 1. The van der Waals surface area contributed by atoms with Crippen LogP contribution >= 0.6 is 0 Å². The van der Waals surface area contributed by atoms with Gasteiger partial charge in [0.2, 0.25) is 0 Å². The molecule has 0 aliphatic rings. The highest BCUT2D eigenvalue weighted by atomic mass is 14.8. The second-order valence-corrected chi connectivity index (χ2v) is 3.88. The van der Waals surface area contributed by atoms with Crippen molar-refractivity contribution in [1.29, 1.82) is 0 Å². The van der Waals surface area contributed by atoms with Crippen LogP contribution in [0.2, 0.25) is 0 Å². The maximum Gasteiger partial charge on any atom is 0.0481 e. The van der Waals surface area contributed by atoms with Crippen LogP contribution in [0.5, 0.6) is 0 Å². The van der Waals surface area contributed by atoms with Crippen molar-refractivity contribution in [3.8, 4) is 0 Å². The highest BCUT2D eigenvalue weighted by Gasteiger charge is 2.05. The predicted octanol–water partition coefficient (Wildman–Crippen LogP) is 2.08. The molecule has 0 aliphatic heterocycles. The van der Waals surface area contributed by atoms with Gasteiger partial charge in [0, 0.05) is 17.9 Å². The van der Waals surface area contributed by atoms with Crippen LogP contribution in [0.25, 0.3) is 5.52 Å². The number of rotatable bonds is 3. The summed E-state index contributed by atoms with van der Waals surface area (Å²) >= 11 is 0. The van der Waals surface area contributed by atoms with Gasteiger partial charge in [-0.05, 0) is 42.6 Å². The molecule has 0 aromatic carbocycles.